The second-order valence-electron chi connectivity index (χ2n) is 5.68. The minimum Gasteiger partial charge on any atom is -0.0616 e. The van der Waals surface area contributed by atoms with E-state index in [1.165, 1.54) is 43.8 Å². The lowest BCUT2D eigenvalue weighted by atomic mass is 9.99. The Bertz CT molecular complexity index is 1010. The molecule has 4 aromatic carbocycles. The molecule has 0 aromatic heterocycles. The number of halogens is 2. The topological polar surface area (TPSA) is 0 Å². The predicted molar refractivity (Wildman–Crippen MR) is 101 cm³/mol. The summed E-state index contributed by atoms with van der Waals surface area (Å²) in [5, 5.41) is 5.19. The van der Waals surface area contributed by atoms with Crippen molar-refractivity contribution < 1.29 is 0 Å². The lowest BCUT2D eigenvalue weighted by molar-refractivity contribution is 1.70. The lowest BCUT2D eigenvalue weighted by Crippen LogP contribution is -1.79. The van der Waals surface area contributed by atoms with E-state index in [0.717, 1.165) is 8.95 Å². The maximum atomic E-state index is 3.70. The van der Waals surface area contributed by atoms with Gasteiger partial charge in [-0.3, -0.25) is 0 Å². The molecule has 22 heavy (non-hydrogen) atoms. The van der Waals surface area contributed by atoms with E-state index >= 15 is 0 Å². The van der Waals surface area contributed by atoms with E-state index in [0.29, 0.717) is 0 Å². The van der Waals surface area contributed by atoms with Gasteiger partial charge < -0.3 is 0 Å². The van der Waals surface area contributed by atoms with Crippen LogP contribution in [0.1, 0.15) is 0 Å². The second-order valence-corrected chi connectivity index (χ2v) is 7.39. The molecule has 0 bridgehead atoms. The van der Waals surface area contributed by atoms with Crippen molar-refractivity contribution in [2.45, 2.75) is 0 Å². The standard InChI is InChI=1S/C20H10Br2/c21-17-7-5-13-15-9-11-3-1-2-4-12(11)10-16(15)14-6-8-18(22)20(17)19(13)14/h1-10H. The molecule has 0 amide bonds. The van der Waals surface area contributed by atoms with E-state index in [1.54, 1.807) is 0 Å². The number of benzene rings is 4. The molecule has 0 saturated heterocycles. The van der Waals surface area contributed by atoms with Gasteiger partial charge in [0.25, 0.3) is 0 Å². The SMILES string of the molecule is Brc1ccc2c3c(ccc(Br)c13)-c1cc3ccccc3cc1-2. The molecule has 0 nitrogen and oxygen atoms in total. The third-order valence-electron chi connectivity index (χ3n) is 4.53. The molecule has 0 atom stereocenters. The van der Waals surface area contributed by atoms with E-state index in [1.807, 2.05) is 0 Å². The van der Waals surface area contributed by atoms with E-state index in [4.69, 9.17) is 0 Å². The molecule has 0 radical (unpaired) electrons. The molecule has 1 aliphatic carbocycles. The van der Waals surface area contributed by atoms with Gasteiger partial charge in [0.05, 0.1) is 0 Å². The van der Waals surface area contributed by atoms with Crippen LogP contribution in [0.25, 0.3) is 43.8 Å². The molecule has 5 rings (SSSR count). The zero-order chi connectivity index (χ0) is 14.8. The van der Waals surface area contributed by atoms with E-state index in [-0.39, 0.29) is 0 Å². The zero-order valence-corrected chi connectivity index (χ0v) is 14.7. The van der Waals surface area contributed by atoms with Crippen molar-refractivity contribution in [2.75, 3.05) is 0 Å². The number of hydrogen-bond acceptors (Lipinski definition) is 0. The van der Waals surface area contributed by atoms with E-state index < -0.39 is 0 Å². The average molecular weight is 410 g/mol. The summed E-state index contributed by atoms with van der Waals surface area (Å²) in [4.78, 5) is 0. The Labute approximate surface area is 145 Å². The van der Waals surface area contributed by atoms with Crippen LogP contribution in [0.3, 0.4) is 0 Å². The average Bonchev–Trinajstić information content (AvgIpc) is 2.84. The van der Waals surface area contributed by atoms with Crippen LogP contribution in [0.5, 0.6) is 0 Å². The first kappa shape index (κ1) is 12.9. The van der Waals surface area contributed by atoms with Crippen LogP contribution < -0.4 is 0 Å². The van der Waals surface area contributed by atoms with Crippen LogP contribution in [0.15, 0.2) is 69.6 Å². The first-order valence-electron chi connectivity index (χ1n) is 7.18. The van der Waals surface area contributed by atoms with Crippen molar-refractivity contribution in [3.8, 4) is 22.3 Å². The van der Waals surface area contributed by atoms with Crippen molar-refractivity contribution >= 4 is 53.4 Å². The van der Waals surface area contributed by atoms with Crippen LogP contribution in [0, 0.1) is 0 Å². The maximum Gasteiger partial charge on any atom is 0.0265 e. The summed E-state index contributed by atoms with van der Waals surface area (Å²) in [6.07, 6.45) is 0. The van der Waals surface area contributed by atoms with Gasteiger partial charge in [-0.1, -0.05) is 68.3 Å². The number of fused-ring (bicyclic) bond motifs is 4. The van der Waals surface area contributed by atoms with Crippen LogP contribution >= 0.6 is 31.9 Å². The van der Waals surface area contributed by atoms with Crippen molar-refractivity contribution in [2.24, 2.45) is 0 Å². The molecular formula is C20H10Br2. The highest BCUT2D eigenvalue weighted by molar-refractivity contribution is 9.11. The minimum absolute atomic E-state index is 1.14. The van der Waals surface area contributed by atoms with Gasteiger partial charge in [0, 0.05) is 14.3 Å². The van der Waals surface area contributed by atoms with Crippen molar-refractivity contribution in [1.29, 1.82) is 0 Å². The van der Waals surface area contributed by atoms with Gasteiger partial charge >= 0.3 is 0 Å². The zero-order valence-electron chi connectivity index (χ0n) is 11.5. The molecule has 104 valence electrons. The summed E-state index contributed by atoms with van der Waals surface area (Å²) in [5.41, 5.74) is 5.33. The molecule has 0 heterocycles. The van der Waals surface area contributed by atoms with Crippen LogP contribution in [0.2, 0.25) is 0 Å². The highest BCUT2D eigenvalue weighted by Crippen LogP contribution is 2.51. The summed E-state index contributed by atoms with van der Waals surface area (Å²) >= 11 is 7.40. The summed E-state index contributed by atoms with van der Waals surface area (Å²) in [6, 6.07) is 22.0. The van der Waals surface area contributed by atoms with Gasteiger partial charge in [0.15, 0.2) is 0 Å². The van der Waals surface area contributed by atoms with Gasteiger partial charge in [-0.25, -0.2) is 0 Å². The molecule has 0 saturated carbocycles. The predicted octanol–water partition coefficient (Wildman–Crippen LogP) is 7.17. The third kappa shape index (κ3) is 1.57. The first-order valence-corrected chi connectivity index (χ1v) is 8.77. The van der Waals surface area contributed by atoms with Crippen LogP contribution in [0.4, 0.5) is 0 Å². The molecule has 0 spiro atoms. The fraction of sp³-hybridized carbons (Fsp3) is 0. The van der Waals surface area contributed by atoms with Crippen LogP contribution in [-0.4, -0.2) is 0 Å². The van der Waals surface area contributed by atoms with Crippen molar-refractivity contribution in [3.63, 3.8) is 0 Å². The molecule has 2 heteroatoms. The van der Waals surface area contributed by atoms with Gasteiger partial charge in [0.1, 0.15) is 0 Å². The largest absolute Gasteiger partial charge is 0.0616 e. The summed E-state index contributed by atoms with van der Waals surface area (Å²) in [7, 11) is 0. The Morgan fingerprint density at radius 2 is 1.00 bits per heavy atom. The Morgan fingerprint density at radius 3 is 1.50 bits per heavy atom. The normalized spacial score (nSPS) is 12.1. The smallest absolute Gasteiger partial charge is 0.0265 e. The molecule has 1 aliphatic rings. The van der Waals surface area contributed by atoms with Gasteiger partial charge in [-0.2, -0.15) is 0 Å². The minimum atomic E-state index is 1.14. The van der Waals surface area contributed by atoms with E-state index in [9.17, 15) is 0 Å². The maximum absolute atomic E-state index is 3.70. The highest BCUT2D eigenvalue weighted by atomic mass is 79.9. The first-order chi connectivity index (χ1) is 10.7. The molecule has 0 aliphatic heterocycles. The van der Waals surface area contributed by atoms with Crippen LogP contribution in [-0.2, 0) is 0 Å². The lowest BCUT2D eigenvalue weighted by Gasteiger charge is -2.06. The summed E-state index contributed by atoms with van der Waals surface area (Å²) < 4.78 is 2.27. The van der Waals surface area contributed by atoms with Gasteiger partial charge in [-0.05, 0) is 62.7 Å². The molecular weight excluding hydrogens is 400 g/mol. The molecule has 0 N–H and O–H groups in total. The Morgan fingerprint density at radius 1 is 0.500 bits per heavy atom. The molecule has 0 fully saturated rings. The Balaban J connectivity index is 2.02. The van der Waals surface area contributed by atoms with Crippen molar-refractivity contribution in [3.05, 3.63) is 69.6 Å². The van der Waals surface area contributed by atoms with Crippen molar-refractivity contribution in [1.82, 2.24) is 0 Å². The Kier molecular flexibility index (Phi) is 2.59. The Hall–Kier alpha value is -1.64. The fourth-order valence-corrected chi connectivity index (χ4v) is 4.90. The molecule has 4 aromatic rings. The summed E-state index contributed by atoms with van der Waals surface area (Å²) in [5.74, 6) is 0. The van der Waals surface area contributed by atoms with Gasteiger partial charge in [0.2, 0.25) is 0 Å². The molecule has 0 unspecified atom stereocenters. The van der Waals surface area contributed by atoms with Gasteiger partial charge in [-0.15, -0.1) is 0 Å². The quantitative estimate of drug-likeness (QED) is 0.254. The highest BCUT2D eigenvalue weighted by Gasteiger charge is 2.23. The summed E-state index contributed by atoms with van der Waals surface area (Å²) in [6.45, 7) is 0. The van der Waals surface area contributed by atoms with E-state index in [2.05, 4.69) is 92.5 Å². The second kappa shape index (κ2) is 4.43. The third-order valence-corrected chi connectivity index (χ3v) is 5.85. The number of rotatable bonds is 0. The number of hydrogen-bond donors (Lipinski definition) is 0. The fourth-order valence-electron chi connectivity index (χ4n) is 3.55. The monoisotopic (exact) mass is 408 g/mol.